The molecule has 0 atom stereocenters. The number of anilines is 1. The topological polar surface area (TPSA) is 75.4 Å². The fourth-order valence-electron chi connectivity index (χ4n) is 4.77. The van der Waals surface area contributed by atoms with E-state index in [1.165, 1.54) is 24.3 Å². The number of amides is 1. The number of imidazole rings is 1. The number of fused-ring (bicyclic) bond motifs is 3. The highest BCUT2D eigenvalue weighted by molar-refractivity contribution is 6.31. The number of carbonyl (C=O) groups excluding carboxylic acids is 1. The first kappa shape index (κ1) is 19.9. The quantitative estimate of drug-likeness (QED) is 0.459. The molecule has 2 heterocycles. The van der Waals surface area contributed by atoms with Crippen molar-refractivity contribution in [1.82, 2.24) is 9.55 Å². The minimum absolute atomic E-state index is 0.0408. The van der Waals surface area contributed by atoms with Crippen LogP contribution in [0, 0.1) is 5.82 Å². The molecule has 1 amide bonds. The molecule has 2 aliphatic rings. The SMILES string of the molecule is O=C(O)c1ccc(-n2c(CN3C(=O)C4(CC4)c4ccc(F)cc43)nc3cc(Cl)ccc32)cc1. The normalized spacial score (nSPS) is 15.9. The van der Waals surface area contributed by atoms with E-state index in [0.29, 0.717) is 27.7 Å². The van der Waals surface area contributed by atoms with Crippen molar-refractivity contribution in [3.63, 3.8) is 0 Å². The third-order valence-electron chi connectivity index (χ3n) is 6.53. The van der Waals surface area contributed by atoms with E-state index in [2.05, 4.69) is 0 Å². The molecule has 0 bridgehead atoms. The number of hydrogen-bond donors (Lipinski definition) is 1. The molecule has 164 valence electrons. The van der Waals surface area contributed by atoms with E-state index >= 15 is 0 Å². The number of nitrogens with zero attached hydrogens (tertiary/aromatic N) is 3. The standard InChI is InChI=1S/C25H17ClFN3O3/c26-15-3-8-20-19(11-15)28-22(30(20)17-5-1-14(2-6-17)23(31)32)13-29-21-12-16(27)4-7-18(21)25(9-10-25)24(29)33/h1-8,11-12H,9-10,13H2,(H,31,32). The summed E-state index contributed by atoms with van der Waals surface area (Å²) >= 11 is 6.18. The minimum Gasteiger partial charge on any atom is -0.478 e. The molecular weight excluding hydrogens is 445 g/mol. The first-order valence-corrected chi connectivity index (χ1v) is 10.9. The van der Waals surface area contributed by atoms with Gasteiger partial charge < -0.3 is 10.0 Å². The van der Waals surface area contributed by atoms with Gasteiger partial charge in [-0.2, -0.15) is 0 Å². The third-order valence-corrected chi connectivity index (χ3v) is 6.76. The molecule has 6 nitrogen and oxygen atoms in total. The molecule has 1 N–H and O–H groups in total. The Morgan fingerprint density at radius 2 is 1.85 bits per heavy atom. The van der Waals surface area contributed by atoms with Gasteiger partial charge in [0.2, 0.25) is 5.91 Å². The van der Waals surface area contributed by atoms with Gasteiger partial charge in [0.15, 0.2) is 0 Å². The monoisotopic (exact) mass is 461 g/mol. The molecule has 1 aliphatic heterocycles. The van der Waals surface area contributed by atoms with Crippen LogP contribution in [0.3, 0.4) is 0 Å². The largest absolute Gasteiger partial charge is 0.478 e. The summed E-state index contributed by atoms with van der Waals surface area (Å²) < 4.78 is 16.0. The van der Waals surface area contributed by atoms with Crippen LogP contribution in [0.5, 0.6) is 0 Å². The Labute approximate surface area is 192 Å². The fraction of sp³-hybridized carbons (Fsp3) is 0.160. The summed E-state index contributed by atoms with van der Waals surface area (Å²) in [7, 11) is 0. The van der Waals surface area contributed by atoms with E-state index in [0.717, 1.165) is 23.9 Å². The van der Waals surface area contributed by atoms with E-state index in [-0.39, 0.29) is 18.0 Å². The molecule has 1 aliphatic carbocycles. The van der Waals surface area contributed by atoms with Crippen molar-refractivity contribution in [3.8, 4) is 5.69 Å². The van der Waals surface area contributed by atoms with Crippen molar-refractivity contribution in [2.24, 2.45) is 0 Å². The smallest absolute Gasteiger partial charge is 0.335 e. The van der Waals surface area contributed by atoms with E-state index in [4.69, 9.17) is 16.6 Å². The highest BCUT2D eigenvalue weighted by atomic mass is 35.5. The maximum absolute atomic E-state index is 14.1. The van der Waals surface area contributed by atoms with Gasteiger partial charge in [0.05, 0.1) is 34.2 Å². The van der Waals surface area contributed by atoms with Crippen LogP contribution in [-0.4, -0.2) is 26.5 Å². The summed E-state index contributed by atoms with van der Waals surface area (Å²) in [5.74, 6) is -0.883. The molecule has 1 saturated carbocycles. The summed E-state index contributed by atoms with van der Waals surface area (Å²) in [6, 6.07) is 16.3. The second kappa shape index (κ2) is 6.89. The molecular formula is C25H17ClFN3O3. The Morgan fingerprint density at radius 1 is 1.09 bits per heavy atom. The zero-order valence-electron chi connectivity index (χ0n) is 17.3. The number of aromatic nitrogens is 2. The number of hydrogen-bond acceptors (Lipinski definition) is 3. The average molecular weight is 462 g/mol. The number of rotatable bonds is 4. The minimum atomic E-state index is -1.01. The van der Waals surface area contributed by atoms with E-state index < -0.39 is 17.2 Å². The lowest BCUT2D eigenvalue weighted by molar-refractivity contribution is -0.120. The second-order valence-corrected chi connectivity index (χ2v) is 8.92. The molecule has 8 heteroatoms. The lowest BCUT2D eigenvalue weighted by Crippen LogP contribution is -2.32. The summed E-state index contributed by atoms with van der Waals surface area (Å²) in [5.41, 5.74) is 3.18. The Bertz CT molecular complexity index is 1470. The predicted octanol–water partition coefficient (Wildman–Crippen LogP) is 5.09. The van der Waals surface area contributed by atoms with Gasteiger partial charge in [-0.3, -0.25) is 9.36 Å². The highest BCUT2D eigenvalue weighted by Gasteiger charge is 2.59. The lowest BCUT2D eigenvalue weighted by atomic mass is 9.98. The Morgan fingerprint density at radius 3 is 2.55 bits per heavy atom. The van der Waals surface area contributed by atoms with Crippen molar-refractivity contribution in [2.75, 3.05) is 4.90 Å². The summed E-state index contributed by atoms with van der Waals surface area (Å²) in [6.07, 6.45) is 1.51. The maximum Gasteiger partial charge on any atom is 0.335 e. The van der Waals surface area contributed by atoms with Crippen molar-refractivity contribution in [1.29, 1.82) is 0 Å². The van der Waals surface area contributed by atoms with Crippen molar-refractivity contribution < 1.29 is 19.1 Å². The zero-order valence-corrected chi connectivity index (χ0v) is 18.0. The second-order valence-electron chi connectivity index (χ2n) is 8.48. The Balaban J connectivity index is 1.50. The van der Waals surface area contributed by atoms with Crippen LogP contribution < -0.4 is 4.90 Å². The van der Waals surface area contributed by atoms with Gasteiger partial charge in [0.1, 0.15) is 11.6 Å². The van der Waals surface area contributed by atoms with Gasteiger partial charge in [0.25, 0.3) is 0 Å². The molecule has 0 radical (unpaired) electrons. The van der Waals surface area contributed by atoms with E-state index in [9.17, 15) is 19.1 Å². The Kier molecular flexibility index (Phi) is 4.16. The van der Waals surface area contributed by atoms with Crippen molar-refractivity contribution in [3.05, 3.63) is 88.5 Å². The summed E-state index contributed by atoms with van der Waals surface area (Å²) in [5, 5.41) is 9.77. The molecule has 4 aromatic rings. The van der Waals surface area contributed by atoms with Crippen molar-refractivity contribution in [2.45, 2.75) is 24.8 Å². The summed E-state index contributed by atoms with van der Waals surface area (Å²) in [4.78, 5) is 31.0. The van der Waals surface area contributed by atoms with Crippen LogP contribution in [0.25, 0.3) is 16.7 Å². The van der Waals surface area contributed by atoms with Gasteiger partial charge in [-0.1, -0.05) is 17.7 Å². The number of carbonyl (C=O) groups is 2. The van der Waals surface area contributed by atoms with Crippen LogP contribution >= 0.6 is 11.6 Å². The number of carboxylic acid groups (broad SMARTS) is 1. The van der Waals surface area contributed by atoms with Gasteiger partial charge in [-0.15, -0.1) is 0 Å². The Hall–Kier alpha value is -3.71. The van der Waals surface area contributed by atoms with Gasteiger partial charge in [-0.25, -0.2) is 14.2 Å². The number of aromatic carboxylic acids is 1. The van der Waals surface area contributed by atoms with Gasteiger partial charge >= 0.3 is 5.97 Å². The number of benzene rings is 3. The molecule has 1 aromatic heterocycles. The molecule has 1 fully saturated rings. The van der Waals surface area contributed by atoms with E-state index in [1.54, 1.807) is 35.2 Å². The van der Waals surface area contributed by atoms with Crippen LogP contribution in [0.1, 0.15) is 34.6 Å². The lowest BCUT2D eigenvalue weighted by Gasteiger charge is -2.19. The molecule has 33 heavy (non-hydrogen) atoms. The third kappa shape index (κ3) is 2.96. The van der Waals surface area contributed by atoms with Crippen molar-refractivity contribution >= 4 is 40.2 Å². The zero-order chi connectivity index (χ0) is 22.9. The average Bonchev–Trinajstić information content (AvgIpc) is 3.48. The van der Waals surface area contributed by atoms with Crippen LogP contribution in [0.15, 0.2) is 60.7 Å². The molecule has 6 rings (SSSR count). The van der Waals surface area contributed by atoms with Gasteiger partial charge in [-0.05, 0) is 73.0 Å². The molecule has 0 unspecified atom stereocenters. The number of halogens is 2. The highest BCUT2D eigenvalue weighted by Crippen LogP contribution is 2.57. The van der Waals surface area contributed by atoms with Crippen LogP contribution in [-0.2, 0) is 16.8 Å². The first-order chi connectivity index (χ1) is 15.9. The predicted molar refractivity (Wildman–Crippen MR) is 122 cm³/mol. The molecule has 0 saturated heterocycles. The van der Waals surface area contributed by atoms with Crippen LogP contribution in [0.2, 0.25) is 5.02 Å². The number of carboxylic acids is 1. The molecule has 1 spiro atoms. The van der Waals surface area contributed by atoms with Gasteiger partial charge in [0, 0.05) is 10.7 Å². The van der Waals surface area contributed by atoms with Crippen LogP contribution in [0.4, 0.5) is 10.1 Å². The first-order valence-electron chi connectivity index (χ1n) is 10.5. The fourth-order valence-corrected chi connectivity index (χ4v) is 4.94. The molecule has 3 aromatic carbocycles. The maximum atomic E-state index is 14.1. The summed E-state index contributed by atoms with van der Waals surface area (Å²) in [6.45, 7) is 0.143. The van der Waals surface area contributed by atoms with E-state index in [1.807, 2.05) is 10.6 Å².